The lowest BCUT2D eigenvalue weighted by molar-refractivity contribution is 0.345. The monoisotopic (exact) mass is 339 g/mol. The van der Waals surface area contributed by atoms with Gasteiger partial charge in [-0.3, -0.25) is 0 Å². The summed E-state index contributed by atoms with van der Waals surface area (Å²) in [5.74, 6) is 3.43. The molecule has 0 heterocycles. The van der Waals surface area contributed by atoms with Crippen LogP contribution in [0.15, 0.2) is 16.6 Å². The summed E-state index contributed by atoms with van der Waals surface area (Å²) in [5.41, 5.74) is 1.23. The molecule has 0 aromatic heterocycles. The van der Waals surface area contributed by atoms with Crippen LogP contribution >= 0.6 is 15.9 Å². The molecule has 110 valence electrons. The fourth-order valence-corrected chi connectivity index (χ4v) is 4.47. The van der Waals surface area contributed by atoms with Gasteiger partial charge in [0.2, 0.25) is 0 Å². The van der Waals surface area contributed by atoms with E-state index in [1.54, 1.807) is 14.2 Å². The Morgan fingerprint density at radius 1 is 1.20 bits per heavy atom. The maximum absolute atomic E-state index is 5.40. The third kappa shape index (κ3) is 2.68. The van der Waals surface area contributed by atoms with Crippen LogP contribution in [0, 0.1) is 11.8 Å². The summed E-state index contributed by atoms with van der Waals surface area (Å²) in [4.78, 5) is 0. The number of fused-ring (bicyclic) bond motifs is 2. The van der Waals surface area contributed by atoms with Crippen molar-refractivity contribution in [1.29, 1.82) is 0 Å². The average molecular weight is 340 g/mol. The van der Waals surface area contributed by atoms with Crippen molar-refractivity contribution in [3.05, 3.63) is 22.2 Å². The van der Waals surface area contributed by atoms with E-state index >= 15 is 0 Å². The fourth-order valence-electron chi connectivity index (χ4n) is 3.82. The molecule has 3 unspecified atom stereocenters. The molecule has 0 saturated heterocycles. The molecule has 3 nitrogen and oxygen atoms in total. The highest BCUT2D eigenvalue weighted by molar-refractivity contribution is 9.10. The maximum Gasteiger partial charge on any atom is 0.174 e. The van der Waals surface area contributed by atoms with Crippen LogP contribution in [0.5, 0.6) is 11.5 Å². The van der Waals surface area contributed by atoms with E-state index in [9.17, 15) is 0 Å². The number of benzene rings is 1. The van der Waals surface area contributed by atoms with Gasteiger partial charge in [-0.2, -0.15) is 0 Å². The highest BCUT2D eigenvalue weighted by Crippen LogP contribution is 2.44. The topological polar surface area (TPSA) is 30.5 Å². The van der Waals surface area contributed by atoms with Crippen LogP contribution in [0.2, 0.25) is 0 Å². The first-order valence-electron chi connectivity index (χ1n) is 7.35. The molecule has 1 aromatic rings. The molecule has 1 N–H and O–H groups in total. The lowest BCUT2D eigenvalue weighted by Crippen LogP contribution is -2.33. The minimum atomic E-state index is 0.709. The van der Waals surface area contributed by atoms with Crippen molar-refractivity contribution < 1.29 is 9.47 Å². The standard InChI is InChI=1S/C16H22BrNO2/c1-19-15-8-11(6-13(17)16(15)20-2)9-18-14-7-10-3-4-12(14)5-10/h6,8,10,12,14,18H,3-5,7,9H2,1-2H3. The third-order valence-corrected chi connectivity index (χ3v) is 5.39. The first-order chi connectivity index (χ1) is 9.71. The van der Waals surface area contributed by atoms with Crippen molar-refractivity contribution >= 4 is 15.9 Å². The lowest BCUT2D eigenvalue weighted by Gasteiger charge is -2.23. The molecule has 2 fully saturated rings. The van der Waals surface area contributed by atoms with E-state index in [-0.39, 0.29) is 0 Å². The molecule has 3 atom stereocenters. The Labute approximate surface area is 129 Å². The van der Waals surface area contributed by atoms with Gasteiger partial charge < -0.3 is 14.8 Å². The van der Waals surface area contributed by atoms with Crippen LogP contribution in [0.1, 0.15) is 31.2 Å². The Hall–Kier alpha value is -0.740. The van der Waals surface area contributed by atoms with Gasteiger partial charge in [0, 0.05) is 12.6 Å². The highest BCUT2D eigenvalue weighted by Gasteiger charge is 2.38. The number of hydrogen-bond acceptors (Lipinski definition) is 3. The first kappa shape index (κ1) is 14.2. The van der Waals surface area contributed by atoms with Gasteiger partial charge in [-0.25, -0.2) is 0 Å². The van der Waals surface area contributed by atoms with Gasteiger partial charge in [-0.1, -0.05) is 6.42 Å². The summed E-state index contributed by atoms with van der Waals surface area (Å²) in [6.07, 6.45) is 5.66. The molecule has 2 aliphatic carbocycles. The van der Waals surface area contributed by atoms with Crippen LogP contribution in [-0.2, 0) is 6.54 Å². The van der Waals surface area contributed by atoms with Crippen molar-refractivity contribution in [2.45, 2.75) is 38.3 Å². The van der Waals surface area contributed by atoms with Crippen LogP contribution in [0.25, 0.3) is 0 Å². The van der Waals surface area contributed by atoms with Crippen LogP contribution < -0.4 is 14.8 Å². The van der Waals surface area contributed by atoms with E-state index in [0.717, 1.165) is 34.4 Å². The van der Waals surface area contributed by atoms with E-state index in [4.69, 9.17) is 9.47 Å². The molecule has 2 saturated carbocycles. The zero-order valence-corrected chi connectivity index (χ0v) is 13.7. The smallest absolute Gasteiger partial charge is 0.174 e. The highest BCUT2D eigenvalue weighted by atomic mass is 79.9. The molecule has 0 radical (unpaired) electrons. The molecule has 0 aliphatic heterocycles. The minimum Gasteiger partial charge on any atom is -0.493 e. The Bertz CT molecular complexity index is 492. The molecule has 1 aromatic carbocycles. The molecule has 0 spiro atoms. The predicted octanol–water partition coefficient (Wildman–Crippen LogP) is 3.74. The number of methoxy groups -OCH3 is 2. The van der Waals surface area contributed by atoms with E-state index in [2.05, 4.69) is 33.4 Å². The number of hydrogen-bond donors (Lipinski definition) is 1. The molecular weight excluding hydrogens is 318 g/mol. The van der Waals surface area contributed by atoms with Gasteiger partial charge in [0.05, 0.1) is 18.7 Å². The van der Waals surface area contributed by atoms with E-state index in [1.165, 1.54) is 31.2 Å². The van der Waals surface area contributed by atoms with Crippen molar-refractivity contribution in [2.75, 3.05) is 14.2 Å². The first-order valence-corrected chi connectivity index (χ1v) is 8.14. The zero-order valence-electron chi connectivity index (χ0n) is 12.1. The average Bonchev–Trinajstić information content (AvgIpc) is 3.06. The van der Waals surface area contributed by atoms with E-state index in [0.29, 0.717) is 6.04 Å². The second kappa shape index (κ2) is 5.94. The summed E-state index contributed by atoms with van der Waals surface area (Å²) < 4.78 is 11.7. The molecule has 0 amide bonds. The zero-order chi connectivity index (χ0) is 14.1. The normalized spacial score (nSPS) is 27.9. The van der Waals surface area contributed by atoms with Gasteiger partial charge in [-0.15, -0.1) is 0 Å². The van der Waals surface area contributed by atoms with Crippen molar-refractivity contribution in [1.82, 2.24) is 5.32 Å². The predicted molar refractivity (Wildman–Crippen MR) is 83.3 cm³/mol. The van der Waals surface area contributed by atoms with Crippen LogP contribution in [0.4, 0.5) is 0 Å². The number of halogens is 1. The SMILES string of the molecule is COc1cc(CNC2CC3CCC2C3)cc(Br)c1OC. The summed E-state index contributed by atoms with van der Waals surface area (Å²) >= 11 is 3.55. The maximum atomic E-state index is 5.40. The summed E-state index contributed by atoms with van der Waals surface area (Å²) in [7, 11) is 3.34. The van der Waals surface area contributed by atoms with Gasteiger partial charge in [0.25, 0.3) is 0 Å². The largest absolute Gasteiger partial charge is 0.493 e. The fraction of sp³-hybridized carbons (Fsp3) is 0.625. The van der Waals surface area contributed by atoms with Gasteiger partial charge in [-0.05, 0) is 64.7 Å². The minimum absolute atomic E-state index is 0.709. The molecule has 2 bridgehead atoms. The number of rotatable bonds is 5. The van der Waals surface area contributed by atoms with Gasteiger partial charge >= 0.3 is 0 Å². The Kier molecular flexibility index (Phi) is 4.22. The summed E-state index contributed by atoms with van der Waals surface area (Å²) in [5, 5.41) is 3.73. The molecule has 3 rings (SSSR count). The molecule has 4 heteroatoms. The van der Waals surface area contributed by atoms with E-state index < -0.39 is 0 Å². The van der Waals surface area contributed by atoms with E-state index in [1.807, 2.05) is 0 Å². The lowest BCUT2D eigenvalue weighted by atomic mass is 9.95. The van der Waals surface area contributed by atoms with Crippen molar-refractivity contribution in [2.24, 2.45) is 11.8 Å². The number of ether oxygens (including phenoxy) is 2. The molecule has 2 aliphatic rings. The molecular formula is C16H22BrNO2. The van der Waals surface area contributed by atoms with Crippen molar-refractivity contribution in [3.8, 4) is 11.5 Å². The van der Waals surface area contributed by atoms with Gasteiger partial charge in [0.1, 0.15) is 0 Å². The molecule has 20 heavy (non-hydrogen) atoms. The third-order valence-electron chi connectivity index (χ3n) is 4.80. The Balaban J connectivity index is 1.67. The summed E-state index contributed by atoms with van der Waals surface area (Å²) in [6, 6.07) is 4.88. The summed E-state index contributed by atoms with van der Waals surface area (Å²) in [6.45, 7) is 0.896. The second-order valence-electron chi connectivity index (χ2n) is 5.98. The van der Waals surface area contributed by atoms with Crippen LogP contribution in [-0.4, -0.2) is 20.3 Å². The van der Waals surface area contributed by atoms with Gasteiger partial charge in [0.15, 0.2) is 11.5 Å². The quantitative estimate of drug-likeness (QED) is 0.886. The second-order valence-corrected chi connectivity index (χ2v) is 6.83. The Morgan fingerprint density at radius 3 is 2.65 bits per heavy atom. The van der Waals surface area contributed by atoms with Crippen LogP contribution in [0.3, 0.4) is 0 Å². The number of nitrogens with one attached hydrogen (secondary N) is 1. The Morgan fingerprint density at radius 2 is 2.05 bits per heavy atom. The van der Waals surface area contributed by atoms with Crippen molar-refractivity contribution in [3.63, 3.8) is 0 Å².